The number of carbonyl (C=O) groups excluding carboxylic acids is 1. The summed E-state index contributed by atoms with van der Waals surface area (Å²) in [4.78, 5) is 34.0. The average molecular weight is 490 g/mol. The molecule has 0 aliphatic carbocycles. The molecule has 0 saturated heterocycles. The summed E-state index contributed by atoms with van der Waals surface area (Å²) in [6.07, 6.45) is 1.75. The minimum absolute atomic E-state index is 0.126. The van der Waals surface area contributed by atoms with E-state index in [1.165, 1.54) is 0 Å². The van der Waals surface area contributed by atoms with Gasteiger partial charge in [-0.1, -0.05) is 37.1 Å². The zero-order chi connectivity index (χ0) is 24.9. The van der Waals surface area contributed by atoms with Gasteiger partial charge in [0.1, 0.15) is 11.6 Å². The van der Waals surface area contributed by atoms with E-state index < -0.39 is 6.04 Å². The summed E-state index contributed by atoms with van der Waals surface area (Å²) in [6.45, 7) is 4.53. The van der Waals surface area contributed by atoms with Crippen molar-refractivity contribution in [3.05, 3.63) is 99.6 Å². The highest BCUT2D eigenvalue weighted by molar-refractivity contribution is 6.30. The summed E-state index contributed by atoms with van der Waals surface area (Å²) in [6, 6.07) is 20.9. The number of amides is 1. The van der Waals surface area contributed by atoms with Crippen LogP contribution < -0.4 is 10.3 Å². The van der Waals surface area contributed by atoms with Gasteiger partial charge in [-0.05, 0) is 74.0 Å². The molecule has 1 heterocycles. The van der Waals surface area contributed by atoms with Gasteiger partial charge in [-0.3, -0.25) is 14.2 Å². The maximum Gasteiger partial charge on any atom is 0.266 e. The Balaban J connectivity index is 1.86. The standard InChI is InChI=1S/C28H28ClN3O3/c1-4-5-18-31(27(33)20-10-16-23(35-3)17-11-20)19(2)26-30-25-9-7-6-8-24(25)28(34)32(26)22-14-12-21(29)13-15-22/h6-17,19H,4-5,18H2,1-3H3. The molecule has 0 N–H and O–H groups in total. The van der Waals surface area contributed by atoms with Crippen molar-refractivity contribution in [2.45, 2.75) is 32.7 Å². The Hall–Kier alpha value is -3.64. The number of methoxy groups -OCH3 is 1. The lowest BCUT2D eigenvalue weighted by Crippen LogP contribution is -2.38. The molecule has 4 rings (SSSR count). The Morgan fingerprint density at radius 2 is 1.74 bits per heavy atom. The lowest BCUT2D eigenvalue weighted by atomic mass is 10.1. The van der Waals surface area contributed by atoms with Crippen molar-refractivity contribution in [3.63, 3.8) is 0 Å². The fourth-order valence-electron chi connectivity index (χ4n) is 4.11. The highest BCUT2D eigenvalue weighted by Gasteiger charge is 2.27. The average Bonchev–Trinajstić information content (AvgIpc) is 2.89. The van der Waals surface area contributed by atoms with Crippen molar-refractivity contribution in [2.24, 2.45) is 0 Å². The molecule has 1 amide bonds. The third-order valence-electron chi connectivity index (χ3n) is 6.08. The molecule has 0 aliphatic rings. The molecule has 0 fully saturated rings. The number of halogens is 1. The van der Waals surface area contributed by atoms with E-state index in [4.69, 9.17) is 21.3 Å². The van der Waals surface area contributed by atoms with Crippen molar-refractivity contribution in [1.82, 2.24) is 14.5 Å². The highest BCUT2D eigenvalue weighted by Crippen LogP contribution is 2.26. The SMILES string of the molecule is CCCCN(C(=O)c1ccc(OC)cc1)C(C)c1nc2ccccc2c(=O)n1-c1ccc(Cl)cc1. The first-order chi connectivity index (χ1) is 16.9. The van der Waals surface area contributed by atoms with Gasteiger partial charge in [0.25, 0.3) is 11.5 Å². The van der Waals surface area contributed by atoms with Crippen molar-refractivity contribution in [1.29, 1.82) is 0 Å². The fourth-order valence-corrected chi connectivity index (χ4v) is 4.23. The van der Waals surface area contributed by atoms with Crippen molar-refractivity contribution < 1.29 is 9.53 Å². The van der Waals surface area contributed by atoms with Crippen molar-refractivity contribution >= 4 is 28.4 Å². The number of ether oxygens (including phenoxy) is 1. The van der Waals surface area contributed by atoms with Crippen LogP contribution in [0, 0.1) is 0 Å². The van der Waals surface area contributed by atoms with Gasteiger partial charge in [0.15, 0.2) is 0 Å². The minimum Gasteiger partial charge on any atom is -0.497 e. The molecule has 0 bridgehead atoms. The second-order valence-electron chi connectivity index (χ2n) is 8.36. The molecule has 35 heavy (non-hydrogen) atoms. The smallest absolute Gasteiger partial charge is 0.266 e. The van der Waals surface area contributed by atoms with Gasteiger partial charge in [-0.15, -0.1) is 0 Å². The topological polar surface area (TPSA) is 64.4 Å². The van der Waals surface area contributed by atoms with E-state index in [0.717, 1.165) is 12.8 Å². The molecule has 0 spiro atoms. The number of nitrogens with zero attached hydrogens (tertiary/aromatic N) is 3. The maximum atomic E-state index is 13.7. The molecule has 3 aromatic carbocycles. The first-order valence-corrected chi connectivity index (χ1v) is 12.0. The first kappa shape index (κ1) is 24.5. The van der Waals surface area contributed by atoms with Crippen LogP contribution in [0.3, 0.4) is 0 Å². The predicted molar refractivity (Wildman–Crippen MR) is 140 cm³/mol. The maximum absolute atomic E-state index is 13.7. The number of benzene rings is 3. The summed E-state index contributed by atoms with van der Waals surface area (Å²) in [5, 5.41) is 1.09. The van der Waals surface area contributed by atoms with E-state index in [0.29, 0.717) is 45.3 Å². The van der Waals surface area contributed by atoms with E-state index in [-0.39, 0.29) is 11.5 Å². The number of hydrogen-bond acceptors (Lipinski definition) is 4. The quantitative estimate of drug-likeness (QED) is 0.302. The number of aromatic nitrogens is 2. The minimum atomic E-state index is -0.468. The van der Waals surface area contributed by atoms with Gasteiger partial charge in [0.05, 0.1) is 29.7 Å². The van der Waals surface area contributed by atoms with E-state index in [9.17, 15) is 9.59 Å². The zero-order valence-electron chi connectivity index (χ0n) is 20.1. The summed E-state index contributed by atoms with van der Waals surface area (Å²) in [7, 11) is 1.59. The number of para-hydroxylation sites is 1. The molecule has 6 nitrogen and oxygen atoms in total. The van der Waals surface area contributed by atoms with Crippen molar-refractivity contribution in [3.8, 4) is 11.4 Å². The molecule has 4 aromatic rings. The van der Waals surface area contributed by atoms with Crippen molar-refractivity contribution in [2.75, 3.05) is 13.7 Å². The van der Waals surface area contributed by atoms with Crippen LogP contribution in [0.1, 0.15) is 48.9 Å². The van der Waals surface area contributed by atoms with Gasteiger partial charge in [0, 0.05) is 17.1 Å². The number of rotatable bonds is 8. The third kappa shape index (κ3) is 5.08. The Kier molecular flexibility index (Phi) is 7.51. The van der Waals surface area contributed by atoms with E-state index >= 15 is 0 Å². The van der Waals surface area contributed by atoms with Gasteiger partial charge in [0.2, 0.25) is 0 Å². The van der Waals surface area contributed by atoms with Gasteiger partial charge in [-0.2, -0.15) is 0 Å². The lowest BCUT2D eigenvalue weighted by molar-refractivity contribution is 0.0678. The van der Waals surface area contributed by atoms with Crippen LogP contribution in [-0.4, -0.2) is 34.0 Å². The number of unbranched alkanes of at least 4 members (excludes halogenated alkanes) is 1. The molecule has 1 aromatic heterocycles. The van der Waals surface area contributed by atoms with E-state index in [2.05, 4.69) is 6.92 Å². The van der Waals surface area contributed by atoms with Crippen LogP contribution in [0.25, 0.3) is 16.6 Å². The van der Waals surface area contributed by atoms with Crippen LogP contribution in [-0.2, 0) is 0 Å². The van der Waals surface area contributed by atoms with Crippen LogP contribution >= 0.6 is 11.6 Å². The number of carbonyl (C=O) groups is 1. The second kappa shape index (κ2) is 10.7. The highest BCUT2D eigenvalue weighted by atomic mass is 35.5. The predicted octanol–water partition coefficient (Wildman–Crippen LogP) is 6.05. The zero-order valence-corrected chi connectivity index (χ0v) is 20.8. The molecular formula is C28H28ClN3O3. The van der Waals surface area contributed by atoms with Crippen LogP contribution in [0.5, 0.6) is 5.75 Å². The lowest BCUT2D eigenvalue weighted by Gasteiger charge is -2.30. The fraction of sp³-hybridized carbons (Fsp3) is 0.250. The number of fused-ring (bicyclic) bond motifs is 1. The largest absolute Gasteiger partial charge is 0.497 e. The van der Waals surface area contributed by atoms with E-state index in [1.54, 1.807) is 71.2 Å². The Morgan fingerprint density at radius 1 is 1.06 bits per heavy atom. The Morgan fingerprint density at radius 3 is 2.40 bits per heavy atom. The van der Waals surface area contributed by atoms with Gasteiger partial charge < -0.3 is 9.64 Å². The summed E-state index contributed by atoms with van der Waals surface area (Å²) >= 11 is 6.11. The van der Waals surface area contributed by atoms with Crippen LogP contribution in [0.2, 0.25) is 5.02 Å². The van der Waals surface area contributed by atoms with Gasteiger partial charge >= 0.3 is 0 Å². The molecule has 1 unspecified atom stereocenters. The molecule has 0 aliphatic heterocycles. The van der Waals surface area contributed by atoms with Crippen LogP contribution in [0.15, 0.2) is 77.6 Å². The molecule has 180 valence electrons. The summed E-state index contributed by atoms with van der Waals surface area (Å²) in [5.41, 5.74) is 1.60. The Labute approximate surface area is 209 Å². The number of hydrogen-bond donors (Lipinski definition) is 0. The third-order valence-corrected chi connectivity index (χ3v) is 6.33. The summed E-state index contributed by atoms with van der Waals surface area (Å²) < 4.78 is 6.82. The molecule has 1 atom stereocenters. The molecule has 0 radical (unpaired) electrons. The summed E-state index contributed by atoms with van der Waals surface area (Å²) in [5.74, 6) is 1.05. The second-order valence-corrected chi connectivity index (χ2v) is 8.80. The first-order valence-electron chi connectivity index (χ1n) is 11.7. The van der Waals surface area contributed by atoms with E-state index in [1.807, 2.05) is 25.1 Å². The molecule has 0 saturated carbocycles. The normalized spacial score (nSPS) is 11.9. The van der Waals surface area contributed by atoms with Crippen LogP contribution in [0.4, 0.5) is 0 Å². The Bertz CT molecular complexity index is 1380. The monoisotopic (exact) mass is 489 g/mol. The molecular weight excluding hydrogens is 462 g/mol. The molecule has 7 heteroatoms. The van der Waals surface area contributed by atoms with Gasteiger partial charge in [-0.25, -0.2) is 4.98 Å².